The highest BCUT2D eigenvalue weighted by atomic mass is 19.1. The van der Waals surface area contributed by atoms with Crippen LogP contribution in [0.2, 0.25) is 0 Å². The van der Waals surface area contributed by atoms with E-state index in [1.807, 2.05) is 25.7 Å². The first-order valence-electron chi connectivity index (χ1n) is 6.01. The smallest absolute Gasteiger partial charge is 0.304 e. The SMILES string of the molecule is CC(C)(C)N(CCC(=O)O)Cc1ccccc1F. The van der Waals surface area contributed by atoms with E-state index in [1.54, 1.807) is 18.2 Å². The van der Waals surface area contributed by atoms with Crippen molar-refractivity contribution in [3.05, 3.63) is 35.6 Å². The van der Waals surface area contributed by atoms with E-state index >= 15 is 0 Å². The molecule has 0 unspecified atom stereocenters. The van der Waals surface area contributed by atoms with E-state index in [0.717, 1.165) is 0 Å². The van der Waals surface area contributed by atoms with E-state index in [0.29, 0.717) is 18.7 Å². The summed E-state index contributed by atoms with van der Waals surface area (Å²) in [5.41, 5.74) is 0.399. The van der Waals surface area contributed by atoms with Gasteiger partial charge in [-0.2, -0.15) is 0 Å². The lowest BCUT2D eigenvalue weighted by Crippen LogP contribution is -2.42. The fraction of sp³-hybridized carbons (Fsp3) is 0.500. The minimum absolute atomic E-state index is 0.0612. The molecule has 0 bridgehead atoms. The number of aliphatic carboxylic acids is 1. The molecule has 0 spiro atoms. The Kier molecular flexibility index (Phi) is 4.84. The number of benzene rings is 1. The van der Waals surface area contributed by atoms with Gasteiger partial charge in [-0.25, -0.2) is 4.39 Å². The van der Waals surface area contributed by atoms with Crippen molar-refractivity contribution in [2.75, 3.05) is 6.54 Å². The zero-order valence-corrected chi connectivity index (χ0v) is 11.1. The molecule has 0 aromatic heterocycles. The number of halogens is 1. The van der Waals surface area contributed by atoms with E-state index in [1.165, 1.54) is 6.07 Å². The predicted molar refractivity (Wildman–Crippen MR) is 68.8 cm³/mol. The van der Waals surface area contributed by atoms with Crippen molar-refractivity contribution in [3.8, 4) is 0 Å². The molecule has 1 rings (SSSR count). The molecule has 4 heteroatoms. The molecule has 0 aliphatic heterocycles. The largest absolute Gasteiger partial charge is 0.481 e. The number of carboxylic acid groups (broad SMARTS) is 1. The van der Waals surface area contributed by atoms with Crippen LogP contribution in [0.3, 0.4) is 0 Å². The fourth-order valence-electron chi connectivity index (χ4n) is 1.71. The van der Waals surface area contributed by atoms with Crippen molar-refractivity contribution in [1.82, 2.24) is 4.90 Å². The first kappa shape index (κ1) is 14.6. The van der Waals surface area contributed by atoms with Crippen LogP contribution in [-0.2, 0) is 11.3 Å². The number of rotatable bonds is 5. The van der Waals surface area contributed by atoms with Crippen molar-refractivity contribution in [1.29, 1.82) is 0 Å². The number of carbonyl (C=O) groups is 1. The first-order valence-corrected chi connectivity index (χ1v) is 6.01. The molecule has 0 saturated carbocycles. The molecule has 0 aliphatic rings. The lowest BCUT2D eigenvalue weighted by Gasteiger charge is -2.35. The van der Waals surface area contributed by atoms with Gasteiger partial charge < -0.3 is 5.11 Å². The van der Waals surface area contributed by atoms with Crippen molar-refractivity contribution in [3.63, 3.8) is 0 Å². The monoisotopic (exact) mass is 253 g/mol. The molecular weight excluding hydrogens is 233 g/mol. The van der Waals surface area contributed by atoms with E-state index in [2.05, 4.69) is 0 Å². The minimum atomic E-state index is -0.835. The van der Waals surface area contributed by atoms with Gasteiger partial charge in [0, 0.05) is 24.2 Å². The van der Waals surface area contributed by atoms with E-state index in [9.17, 15) is 9.18 Å². The Morgan fingerprint density at radius 2 is 1.94 bits per heavy atom. The second kappa shape index (κ2) is 5.96. The maximum atomic E-state index is 13.6. The molecule has 0 heterocycles. The van der Waals surface area contributed by atoms with Crippen LogP contribution in [0, 0.1) is 5.82 Å². The summed E-state index contributed by atoms with van der Waals surface area (Å²) in [6.07, 6.45) is 0.0612. The number of hydrogen-bond donors (Lipinski definition) is 1. The van der Waals surface area contributed by atoms with E-state index in [-0.39, 0.29) is 17.8 Å². The summed E-state index contributed by atoms with van der Waals surface area (Å²) in [6, 6.07) is 6.59. The van der Waals surface area contributed by atoms with Crippen molar-refractivity contribution >= 4 is 5.97 Å². The van der Waals surface area contributed by atoms with E-state index < -0.39 is 5.97 Å². The molecule has 100 valence electrons. The maximum absolute atomic E-state index is 13.6. The van der Waals surface area contributed by atoms with Crippen LogP contribution >= 0.6 is 0 Å². The summed E-state index contributed by atoms with van der Waals surface area (Å²) in [4.78, 5) is 12.6. The normalized spacial score (nSPS) is 11.8. The average Bonchev–Trinajstić information content (AvgIpc) is 2.24. The summed E-state index contributed by atoms with van der Waals surface area (Å²) >= 11 is 0. The Morgan fingerprint density at radius 3 is 2.44 bits per heavy atom. The summed E-state index contributed by atoms with van der Waals surface area (Å²) in [6.45, 7) is 6.82. The number of nitrogens with zero attached hydrogens (tertiary/aromatic N) is 1. The minimum Gasteiger partial charge on any atom is -0.481 e. The highest BCUT2D eigenvalue weighted by Gasteiger charge is 2.22. The van der Waals surface area contributed by atoms with Gasteiger partial charge in [-0.3, -0.25) is 9.69 Å². The van der Waals surface area contributed by atoms with Crippen LogP contribution in [-0.4, -0.2) is 28.1 Å². The number of carboxylic acids is 1. The first-order chi connectivity index (χ1) is 8.30. The molecule has 3 nitrogen and oxygen atoms in total. The summed E-state index contributed by atoms with van der Waals surface area (Å²) in [7, 11) is 0. The lowest BCUT2D eigenvalue weighted by molar-refractivity contribution is -0.137. The van der Waals surface area contributed by atoms with Gasteiger partial charge in [-0.1, -0.05) is 18.2 Å². The lowest BCUT2D eigenvalue weighted by atomic mass is 10.0. The second-order valence-electron chi connectivity index (χ2n) is 5.33. The van der Waals surface area contributed by atoms with Gasteiger partial charge in [0.15, 0.2) is 0 Å². The predicted octanol–water partition coefficient (Wildman–Crippen LogP) is 2.90. The third-order valence-electron chi connectivity index (χ3n) is 2.86. The zero-order chi connectivity index (χ0) is 13.8. The molecule has 1 aromatic rings. The molecular formula is C14H20FNO2. The molecule has 0 radical (unpaired) electrons. The summed E-state index contributed by atoms with van der Waals surface area (Å²) in [5.74, 6) is -1.08. The molecule has 18 heavy (non-hydrogen) atoms. The van der Waals surface area contributed by atoms with Crippen molar-refractivity contribution in [2.45, 2.75) is 39.3 Å². The van der Waals surface area contributed by atoms with Crippen LogP contribution in [0.4, 0.5) is 4.39 Å². The highest BCUT2D eigenvalue weighted by molar-refractivity contribution is 5.66. The quantitative estimate of drug-likeness (QED) is 0.877. The summed E-state index contributed by atoms with van der Waals surface area (Å²) in [5, 5.41) is 8.75. The Balaban J connectivity index is 2.79. The molecule has 1 N–H and O–H groups in total. The van der Waals surface area contributed by atoms with Gasteiger partial charge in [0.25, 0.3) is 0 Å². The van der Waals surface area contributed by atoms with Crippen LogP contribution in [0.15, 0.2) is 24.3 Å². The second-order valence-corrected chi connectivity index (χ2v) is 5.33. The Labute approximate surface area is 107 Å². The van der Waals surface area contributed by atoms with Gasteiger partial charge in [0.2, 0.25) is 0 Å². The molecule has 0 saturated heterocycles. The zero-order valence-electron chi connectivity index (χ0n) is 11.1. The number of hydrogen-bond acceptors (Lipinski definition) is 2. The van der Waals surface area contributed by atoms with Gasteiger partial charge in [0.05, 0.1) is 6.42 Å². The topological polar surface area (TPSA) is 40.5 Å². The average molecular weight is 253 g/mol. The molecule has 0 amide bonds. The van der Waals surface area contributed by atoms with Crippen LogP contribution in [0.1, 0.15) is 32.8 Å². The standard InChI is InChI=1S/C14H20FNO2/c1-14(2,3)16(9-8-13(17)18)10-11-6-4-5-7-12(11)15/h4-7H,8-10H2,1-3H3,(H,17,18). The van der Waals surface area contributed by atoms with Crippen LogP contribution in [0.5, 0.6) is 0 Å². The van der Waals surface area contributed by atoms with Gasteiger partial charge >= 0.3 is 5.97 Å². The third kappa shape index (κ3) is 4.45. The maximum Gasteiger partial charge on any atom is 0.304 e. The van der Waals surface area contributed by atoms with Gasteiger partial charge in [-0.15, -0.1) is 0 Å². The van der Waals surface area contributed by atoms with Crippen molar-refractivity contribution in [2.24, 2.45) is 0 Å². The molecule has 0 aliphatic carbocycles. The van der Waals surface area contributed by atoms with Gasteiger partial charge in [0.1, 0.15) is 5.82 Å². The molecule has 1 aromatic carbocycles. The third-order valence-corrected chi connectivity index (χ3v) is 2.86. The molecule has 0 atom stereocenters. The van der Waals surface area contributed by atoms with E-state index in [4.69, 9.17) is 5.11 Å². The Morgan fingerprint density at radius 1 is 1.33 bits per heavy atom. The fourth-order valence-corrected chi connectivity index (χ4v) is 1.71. The van der Waals surface area contributed by atoms with Crippen LogP contribution < -0.4 is 0 Å². The van der Waals surface area contributed by atoms with Gasteiger partial charge in [-0.05, 0) is 26.8 Å². The Bertz CT molecular complexity index is 413. The molecule has 0 fully saturated rings. The highest BCUT2D eigenvalue weighted by Crippen LogP contribution is 2.19. The van der Waals surface area contributed by atoms with Crippen LogP contribution in [0.25, 0.3) is 0 Å². The Hall–Kier alpha value is -1.42. The summed E-state index contributed by atoms with van der Waals surface area (Å²) < 4.78 is 13.6. The van der Waals surface area contributed by atoms with Crippen molar-refractivity contribution < 1.29 is 14.3 Å².